The zero-order valence-electron chi connectivity index (χ0n) is 18.6. The Hall–Kier alpha value is -3.97. The quantitative estimate of drug-likeness (QED) is 0.414. The van der Waals surface area contributed by atoms with E-state index in [1.165, 1.54) is 6.07 Å². The second-order valence-electron chi connectivity index (χ2n) is 7.29. The van der Waals surface area contributed by atoms with E-state index >= 15 is 0 Å². The van der Waals surface area contributed by atoms with Crippen LogP contribution in [0.5, 0.6) is 5.75 Å². The number of hydrogen-bond donors (Lipinski definition) is 2. The summed E-state index contributed by atoms with van der Waals surface area (Å²) in [5.74, 6) is 1.29. The van der Waals surface area contributed by atoms with Crippen molar-refractivity contribution in [3.8, 4) is 18.1 Å². The molecule has 0 aliphatic carbocycles. The summed E-state index contributed by atoms with van der Waals surface area (Å²) in [5, 5.41) is 5.74. The van der Waals surface area contributed by atoms with Gasteiger partial charge in [0.25, 0.3) is 0 Å². The number of ketones is 1. The van der Waals surface area contributed by atoms with Crippen LogP contribution in [0.25, 0.3) is 0 Å². The fourth-order valence-electron chi connectivity index (χ4n) is 2.94. The van der Waals surface area contributed by atoms with Gasteiger partial charge in [0.2, 0.25) is 5.95 Å². The molecule has 0 amide bonds. The Bertz CT molecular complexity index is 1340. The highest BCUT2D eigenvalue weighted by Crippen LogP contribution is 2.25. The first-order valence-electron chi connectivity index (χ1n) is 10.3. The highest BCUT2D eigenvalue weighted by atomic mass is 32.2. The van der Waals surface area contributed by atoms with Crippen LogP contribution >= 0.6 is 0 Å². The Kier molecular flexibility index (Phi) is 7.81. The first-order chi connectivity index (χ1) is 16.2. The van der Waals surface area contributed by atoms with Crippen LogP contribution in [0.15, 0.2) is 53.6 Å². The van der Waals surface area contributed by atoms with Crippen molar-refractivity contribution in [2.45, 2.75) is 25.2 Å². The molecule has 0 radical (unpaired) electrons. The zero-order chi connectivity index (χ0) is 24.7. The van der Waals surface area contributed by atoms with Crippen molar-refractivity contribution in [1.29, 1.82) is 0 Å². The van der Waals surface area contributed by atoms with Crippen LogP contribution in [-0.2, 0) is 14.6 Å². The molecule has 0 spiro atoms. The van der Waals surface area contributed by atoms with E-state index in [9.17, 15) is 17.6 Å². The topological polar surface area (TPSA) is 110 Å². The van der Waals surface area contributed by atoms with Gasteiger partial charge in [0, 0.05) is 17.8 Å². The summed E-state index contributed by atoms with van der Waals surface area (Å²) in [5.41, 5.74) is 1.44. The molecule has 0 fully saturated rings. The minimum absolute atomic E-state index is 0.0342. The number of terminal acetylenes is 1. The van der Waals surface area contributed by atoms with Gasteiger partial charge in [0.1, 0.15) is 23.9 Å². The Morgan fingerprint density at radius 1 is 1.15 bits per heavy atom. The third kappa shape index (κ3) is 6.30. The molecule has 3 rings (SSSR count). The van der Waals surface area contributed by atoms with Crippen molar-refractivity contribution in [1.82, 2.24) is 9.97 Å². The standard InChI is InChI=1S/C24H23FN4O4S/c1-4-12-33-20-10-8-17(9-11-20)27-23-21(25)14-26-24(29-23)28-18-7-6-16(3)22(13-18)34(31,32)15-19(30)5-2/h1,6-11,13-14H,5,12,15H2,2-3H3,(H2,26,27,28,29). The summed E-state index contributed by atoms with van der Waals surface area (Å²) < 4.78 is 44.9. The number of nitrogens with one attached hydrogen (secondary N) is 2. The molecule has 1 heterocycles. The predicted octanol–water partition coefficient (Wildman–Crippen LogP) is 4.18. The Morgan fingerprint density at radius 2 is 1.85 bits per heavy atom. The van der Waals surface area contributed by atoms with Gasteiger partial charge in [-0.15, -0.1) is 6.42 Å². The number of aryl methyl sites for hydroxylation is 1. The molecule has 0 saturated carbocycles. The number of benzene rings is 2. The number of aromatic nitrogens is 2. The van der Waals surface area contributed by atoms with E-state index in [2.05, 4.69) is 26.5 Å². The molecule has 3 aromatic rings. The molecule has 0 atom stereocenters. The van der Waals surface area contributed by atoms with Crippen molar-refractivity contribution in [2.75, 3.05) is 23.0 Å². The van der Waals surface area contributed by atoms with E-state index in [0.29, 0.717) is 22.7 Å². The van der Waals surface area contributed by atoms with Gasteiger partial charge in [-0.05, 0) is 48.9 Å². The maximum atomic E-state index is 14.3. The second-order valence-corrected chi connectivity index (χ2v) is 9.25. The molecule has 0 bridgehead atoms. The number of ether oxygens (including phenoxy) is 1. The van der Waals surface area contributed by atoms with Gasteiger partial charge in [-0.3, -0.25) is 4.79 Å². The van der Waals surface area contributed by atoms with Crippen molar-refractivity contribution < 1.29 is 22.3 Å². The fraction of sp³-hybridized carbons (Fsp3) is 0.208. The van der Waals surface area contributed by atoms with Crippen LogP contribution in [0, 0.1) is 25.1 Å². The van der Waals surface area contributed by atoms with Crippen molar-refractivity contribution in [3.63, 3.8) is 0 Å². The summed E-state index contributed by atoms with van der Waals surface area (Å²) in [4.78, 5) is 19.8. The van der Waals surface area contributed by atoms with Gasteiger partial charge < -0.3 is 15.4 Å². The summed E-state index contributed by atoms with van der Waals surface area (Å²) in [6.07, 6.45) is 6.29. The minimum atomic E-state index is -3.81. The molecule has 8 nitrogen and oxygen atoms in total. The van der Waals surface area contributed by atoms with Gasteiger partial charge in [0.05, 0.1) is 11.1 Å². The Labute approximate surface area is 197 Å². The normalized spacial score (nSPS) is 10.9. The van der Waals surface area contributed by atoms with Gasteiger partial charge in [0.15, 0.2) is 21.5 Å². The number of anilines is 4. The van der Waals surface area contributed by atoms with Gasteiger partial charge in [-0.1, -0.05) is 18.9 Å². The molecular weight excluding hydrogens is 459 g/mol. The number of carbonyl (C=O) groups is 1. The van der Waals surface area contributed by atoms with Crippen molar-refractivity contribution >= 4 is 38.8 Å². The first-order valence-corrected chi connectivity index (χ1v) is 11.9. The highest BCUT2D eigenvalue weighted by molar-refractivity contribution is 7.92. The molecule has 0 unspecified atom stereocenters. The summed E-state index contributed by atoms with van der Waals surface area (Å²) in [7, 11) is -3.81. The SMILES string of the molecule is C#CCOc1ccc(Nc2nc(Nc3ccc(C)c(S(=O)(=O)CC(=O)CC)c3)ncc2F)cc1. The number of hydrogen-bond acceptors (Lipinski definition) is 8. The molecule has 0 aliphatic heterocycles. The van der Waals surface area contributed by atoms with Crippen LogP contribution < -0.4 is 15.4 Å². The lowest BCUT2D eigenvalue weighted by molar-refractivity contribution is -0.116. The number of nitrogens with zero attached hydrogens (tertiary/aromatic N) is 2. The molecule has 2 aromatic carbocycles. The van der Waals surface area contributed by atoms with E-state index in [1.54, 1.807) is 50.2 Å². The van der Waals surface area contributed by atoms with E-state index in [0.717, 1.165) is 6.20 Å². The molecule has 0 aliphatic rings. The second kappa shape index (κ2) is 10.8. The largest absolute Gasteiger partial charge is 0.481 e. The number of carbonyl (C=O) groups excluding carboxylic acids is 1. The molecule has 0 saturated heterocycles. The van der Waals surface area contributed by atoms with Crippen LogP contribution in [0.1, 0.15) is 18.9 Å². The Balaban J connectivity index is 1.80. The number of halogens is 1. The van der Waals surface area contributed by atoms with Crippen molar-refractivity contribution in [2.24, 2.45) is 0 Å². The van der Waals surface area contributed by atoms with Crippen LogP contribution in [0.3, 0.4) is 0 Å². The van der Waals surface area contributed by atoms with Crippen LogP contribution in [-0.4, -0.2) is 36.5 Å². The lowest BCUT2D eigenvalue weighted by atomic mass is 10.2. The molecule has 1 aromatic heterocycles. The van der Waals surface area contributed by atoms with E-state index in [1.807, 2.05) is 0 Å². The van der Waals surface area contributed by atoms with Crippen LogP contribution in [0.4, 0.5) is 27.5 Å². The zero-order valence-corrected chi connectivity index (χ0v) is 19.4. The summed E-state index contributed by atoms with van der Waals surface area (Å²) in [6, 6.07) is 11.4. The van der Waals surface area contributed by atoms with Gasteiger partial charge >= 0.3 is 0 Å². The van der Waals surface area contributed by atoms with E-state index in [4.69, 9.17) is 11.2 Å². The number of rotatable bonds is 10. The average Bonchev–Trinajstić information content (AvgIpc) is 2.81. The third-order valence-electron chi connectivity index (χ3n) is 4.71. The highest BCUT2D eigenvalue weighted by Gasteiger charge is 2.21. The van der Waals surface area contributed by atoms with Gasteiger partial charge in [-0.25, -0.2) is 17.8 Å². The third-order valence-corrected chi connectivity index (χ3v) is 6.52. The maximum absolute atomic E-state index is 14.3. The van der Waals surface area contributed by atoms with E-state index in [-0.39, 0.29) is 35.5 Å². The number of Topliss-reactive ketones (excluding diaryl/α,β-unsaturated/α-hetero) is 1. The molecule has 176 valence electrons. The van der Waals surface area contributed by atoms with Gasteiger partial charge in [-0.2, -0.15) is 4.98 Å². The lowest BCUT2D eigenvalue weighted by Crippen LogP contribution is -2.16. The summed E-state index contributed by atoms with van der Waals surface area (Å²) >= 11 is 0. The number of sulfone groups is 1. The van der Waals surface area contributed by atoms with Crippen molar-refractivity contribution in [3.05, 3.63) is 60.0 Å². The molecule has 10 heteroatoms. The van der Waals surface area contributed by atoms with Crippen LogP contribution in [0.2, 0.25) is 0 Å². The first kappa shape index (κ1) is 24.7. The lowest BCUT2D eigenvalue weighted by Gasteiger charge is -2.12. The fourth-order valence-corrected chi connectivity index (χ4v) is 4.59. The molecule has 34 heavy (non-hydrogen) atoms. The predicted molar refractivity (Wildman–Crippen MR) is 128 cm³/mol. The van der Waals surface area contributed by atoms with E-state index < -0.39 is 21.4 Å². The average molecular weight is 483 g/mol. The Morgan fingerprint density at radius 3 is 2.53 bits per heavy atom. The smallest absolute Gasteiger partial charge is 0.229 e. The monoisotopic (exact) mass is 482 g/mol. The molecule has 2 N–H and O–H groups in total. The minimum Gasteiger partial charge on any atom is -0.481 e. The maximum Gasteiger partial charge on any atom is 0.229 e. The summed E-state index contributed by atoms with van der Waals surface area (Å²) in [6.45, 7) is 3.40. The molecular formula is C24H23FN4O4S.